The Labute approximate surface area is 217 Å². The maximum absolute atomic E-state index is 12.7. The fourth-order valence-corrected chi connectivity index (χ4v) is 4.29. The van der Waals surface area contributed by atoms with E-state index < -0.39 is 0 Å². The van der Waals surface area contributed by atoms with Gasteiger partial charge in [-0.2, -0.15) is 9.97 Å². The predicted octanol–water partition coefficient (Wildman–Crippen LogP) is 3.36. The Morgan fingerprint density at radius 3 is 2.72 bits per heavy atom. The molecule has 0 spiro atoms. The van der Waals surface area contributed by atoms with Gasteiger partial charge < -0.3 is 15.2 Å². The molecule has 0 aliphatic carbocycles. The van der Waals surface area contributed by atoms with Crippen LogP contribution in [0.15, 0.2) is 24.3 Å². The number of ether oxygens (including phenoxy) is 2. The van der Waals surface area contributed by atoms with E-state index in [-0.39, 0.29) is 30.7 Å². The van der Waals surface area contributed by atoms with Gasteiger partial charge in [0, 0.05) is 31.1 Å². The zero-order chi connectivity index (χ0) is 25.9. The summed E-state index contributed by atoms with van der Waals surface area (Å²) in [6.45, 7) is 5.45. The van der Waals surface area contributed by atoms with Gasteiger partial charge in [-0.15, -0.1) is 11.6 Å². The first kappa shape index (κ1) is 27.7. The van der Waals surface area contributed by atoms with Crippen molar-refractivity contribution in [1.82, 2.24) is 14.9 Å². The first-order chi connectivity index (χ1) is 17.4. The Balaban J connectivity index is 1.63. The number of rotatable bonds is 15. The zero-order valence-electron chi connectivity index (χ0n) is 21.2. The molecule has 0 unspecified atom stereocenters. The first-order valence-corrected chi connectivity index (χ1v) is 13.0. The van der Waals surface area contributed by atoms with E-state index in [2.05, 4.69) is 27.9 Å². The van der Waals surface area contributed by atoms with E-state index in [0.717, 1.165) is 56.4 Å². The molecular formula is C26H36ClN5O4. The molecule has 2 N–H and O–H groups in total. The number of amides is 1. The van der Waals surface area contributed by atoms with Crippen LogP contribution in [0, 0.1) is 0 Å². The molecule has 9 nitrogen and oxygen atoms in total. The van der Waals surface area contributed by atoms with Gasteiger partial charge in [-0.3, -0.25) is 19.4 Å². The molecule has 1 aromatic heterocycles. The van der Waals surface area contributed by atoms with E-state index in [4.69, 9.17) is 26.8 Å². The second kappa shape index (κ2) is 14.0. The molecule has 1 aliphatic heterocycles. The molecule has 10 heteroatoms. The van der Waals surface area contributed by atoms with Gasteiger partial charge in [0.25, 0.3) is 0 Å². The van der Waals surface area contributed by atoms with E-state index in [9.17, 15) is 9.59 Å². The SMILES string of the molecule is CCCCOc1nc(N)c2c(n1)N(CCCN(CCCCl)Cc1cccc(CC(=O)OC)c1)C(=O)C2. The standard InChI is InChI=1S/C26H36ClN5O4/c1-3-4-14-36-26-29-24(28)21-17-22(33)32(25(21)30-26)13-7-12-31(11-6-10-27)18-20-9-5-8-19(15-20)16-23(34)35-2/h5,8-9,15H,3-4,6-7,10-14,16-18H2,1-2H3,(H2,28,29,30). The first-order valence-electron chi connectivity index (χ1n) is 12.5. The van der Waals surface area contributed by atoms with Crippen molar-refractivity contribution in [3.63, 3.8) is 0 Å². The van der Waals surface area contributed by atoms with E-state index in [1.807, 2.05) is 18.2 Å². The van der Waals surface area contributed by atoms with E-state index in [1.165, 1.54) is 7.11 Å². The van der Waals surface area contributed by atoms with E-state index >= 15 is 0 Å². The molecule has 3 rings (SSSR count). The third-order valence-corrected chi connectivity index (χ3v) is 6.32. The van der Waals surface area contributed by atoms with E-state index in [1.54, 1.807) is 4.90 Å². The highest BCUT2D eigenvalue weighted by molar-refractivity contribution is 6.17. The van der Waals surface area contributed by atoms with Gasteiger partial charge in [-0.1, -0.05) is 37.6 Å². The number of methoxy groups -OCH3 is 1. The number of anilines is 2. The second-order valence-corrected chi connectivity index (χ2v) is 9.24. The summed E-state index contributed by atoms with van der Waals surface area (Å²) in [5, 5.41) is 0. The Hall–Kier alpha value is -2.91. The molecule has 2 heterocycles. The van der Waals surface area contributed by atoms with Crippen molar-refractivity contribution in [2.75, 3.05) is 49.9 Å². The molecule has 1 aromatic carbocycles. The Morgan fingerprint density at radius 2 is 1.97 bits per heavy atom. The highest BCUT2D eigenvalue weighted by Crippen LogP contribution is 2.32. The third-order valence-electron chi connectivity index (χ3n) is 6.05. The molecule has 36 heavy (non-hydrogen) atoms. The number of halogens is 1. The number of aromatic nitrogens is 2. The van der Waals surface area contributed by atoms with Crippen LogP contribution in [0.3, 0.4) is 0 Å². The van der Waals surface area contributed by atoms with Gasteiger partial charge in [-0.25, -0.2) is 0 Å². The molecule has 0 fully saturated rings. The number of hydrogen-bond acceptors (Lipinski definition) is 8. The molecule has 1 amide bonds. The molecule has 0 atom stereocenters. The van der Waals surface area contributed by atoms with Gasteiger partial charge >= 0.3 is 12.0 Å². The highest BCUT2D eigenvalue weighted by Gasteiger charge is 2.32. The highest BCUT2D eigenvalue weighted by atomic mass is 35.5. The van der Waals surface area contributed by atoms with Crippen molar-refractivity contribution in [2.24, 2.45) is 0 Å². The minimum absolute atomic E-state index is 0.0282. The summed E-state index contributed by atoms with van der Waals surface area (Å²) in [5.74, 6) is 1.15. The van der Waals surface area contributed by atoms with Crippen molar-refractivity contribution in [2.45, 2.75) is 52.0 Å². The average Bonchev–Trinajstić information content (AvgIpc) is 3.18. The number of fused-ring (bicyclic) bond motifs is 1. The van der Waals surface area contributed by atoms with Crippen LogP contribution in [-0.2, 0) is 33.7 Å². The maximum atomic E-state index is 12.7. The largest absolute Gasteiger partial charge is 0.469 e. The molecule has 0 bridgehead atoms. The minimum atomic E-state index is -0.259. The number of carbonyl (C=O) groups excluding carboxylic acids is 2. The summed E-state index contributed by atoms with van der Waals surface area (Å²) in [7, 11) is 1.39. The zero-order valence-corrected chi connectivity index (χ0v) is 21.9. The summed E-state index contributed by atoms with van der Waals surface area (Å²) < 4.78 is 10.4. The number of nitrogen functional groups attached to an aromatic ring is 1. The van der Waals surface area contributed by atoms with Crippen LogP contribution in [0.1, 0.15) is 49.3 Å². The van der Waals surface area contributed by atoms with Gasteiger partial charge in [-0.05, 0) is 36.9 Å². The smallest absolute Gasteiger partial charge is 0.320 e. The Morgan fingerprint density at radius 1 is 1.19 bits per heavy atom. The molecule has 196 valence electrons. The number of alkyl halides is 1. The van der Waals surface area contributed by atoms with Crippen LogP contribution in [0.5, 0.6) is 6.01 Å². The summed E-state index contributed by atoms with van der Waals surface area (Å²) in [6.07, 6.45) is 3.97. The fraction of sp³-hybridized carbons (Fsp3) is 0.538. The third kappa shape index (κ3) is 7.80. The molecule has 1 aliphatic rings. The molecule has 2 aromatic rings. The van der Waals surface area contributed by atoms with Gasteiger partial charge in [0.15, 0.2) is 0 Å². The van der Waals surface area contributed by atoms with Crippen LogP contribution < -0.4 is 15.4 Å². The lowest BCUT2D eigenvalue weighted by atomic mass is 10.1. The van der Waals surface area contributed by atoms with Crippen LogP contribution in [0.4, 0.5) is 11.6 Å². The minimum Gasteiger partial charge on any atom is -0.469 e. The number of esters is 1. The summed E-state index contributed by atoms with van der Waals surface area (Å²) >= 11 is 5.97. The van der Waals surface area contributed by atoms with Crippen molar-refractivity contribution >= 4 is 35.1 Å². The van der Waals surface area contributed by atoms with Crippen molar-refractivity contribution < 1.29 is 19.1 Å². The Bertz CT molecular complexity index is 1040. The lowest BCUT2D eigenvalue weighted by molar-refractivity contribution is -0.139. The number of carbonyl (C=O) groups is 2. The summed E-state index contributed by atoms with van der Waals surface area (Å²) in [5.41, 5.74) is 8.82. The van der Waals surface area contributed by atoms with Gasteiger partial charge in [0.1, 0.15) is 11.6 Å². The maximum Gasteiger partial charge on any atom is 0.320 e. The van der Waals surface area contributed by atoms with Gasteiger partial charge in [0.2, 0.25) is 5.91 Å². The van der Waals surface area contributed by atoms with Crippen molar-refractivity contribution in [3.8, 4) is 6.01 Å². The monoisotopic (exact) mass is 517 g/mol. The predicted molar refractivity (Wildman–Crippen MR) is 140 cm³/mol. The molecular weight excluding hydrogens is 482 g/mol. The lowest BCUT2D eigenvalue weighted by Gasteiger charge is -2.24. The summed E-state index contributed by atoms with van der Waals surface area (Å²) in [6, 6.07) is 8.18. The Kier molecular flexibility index (Phi) is 10.8. The van der Waals surface area contributed by atoms with Crippen LogP contribution >= 0.6 is 11.6 Å². The van der Waals surface area contributed by atoms with Crippen molar-refractivity contribution in [1.29, 1.82) is 0 Å². The second-order valence-electron chi connectivity index (χ2n) is 8.86. The number of nitrogens with two attached hydrogens (primary N) is 1. The number of hydrogen-bond donors (Lipinski definition) is 1. The number of benzene rings is 1. The van der Waals surface area contributed by atoms with Crippen LogP contribution in [0.25, 0.3) is 0 Å². The topological polar surface area (TPSA) is 111 Å². The lowest BCUT2D eigenvalue weighted by Crippen LogP contribution is -2.32. The fourth-order valence-electron chi connectivity index (χ4n) is 4.17. The molecule has 0 saturated carbocycles. The average molecular weight is 518 g/mol. The van der Waals surface area contributed by atoms with Crippen LogP contribution in [0.2, 0.25) is 0 Å². The number of unbranched alkanes of at least 4 members (excludes halogenated alkanes) is 1. The normalized spacial score (nSPS) is 12.8. The quantitative estimate of drug-likeness (QED) is 0.217. The summed E-state index contributed by atoms with van der Waals surface area (Å²) in [4.78, 5) is 37.1. The van der Waals surface area contributed by atoms with E-state index in [0.29, 0.717) is 36.2 Å². The molecule has 0 saturated heterocycles. The van der Waals surface area contributed by atoms with Crippen molar-refractivity contribution in [3.05, 3.63) is 41.0 Å². The number of nitrogens with zero attached hydrogens (tertiary/aromatic N) is 4. The van der Waals surface area contributed by atoms with Crippen LogP contribution in [-0.4, -0.2) is 66.0 Å². The van der Waals surface area contributed by atoms with Gasteiger partial charge in [0.05, 0.1) is 26.6 Å². The molecule has 0 radical (unpaired) electrons.